The number of halogens is 2. The number of nitrogens with zero attached hydrogens (tertiary/aromatic N) is 1. The molecule has 1 heterocycles. The molecule has 9 heteroatoms. The van der Waals surface area contributed by atoms with Gasteiger partial charge in [-0.25, -0.2) is 13.6 Å². The summed E-state index contributed by atoms with van der Waals surface area (Å²) in [5.74, 6) is -2.00. The summed E-state index contributed by atoms with van der Waals surface area (Å²) < 4.78 is 32.7. The lowest BCUT2D eigenvalue weighted by Crippen LogP contribution is -2.43. The SMILES string of the molecule is O=C(Nc1cccc(C2OC(=O)N(Cc3ccccc3)C2C(=O)Nc2cccc(F)c2)c1)c1ccc(F)cc1. The van der Waals surface area contributed by atoms with Gasteiger partial charge in [-0.1, -0.05) is 48.5 Å². The summed E-state index contributed by atoms with van der Waals surface area (Å²) in [6.45, 7) is 0.110. The van der Waals surface area contributed by atoms with E-state index in [-0.39, 0.29) is 17.8 Å². The number of cyclic esters (lactones) is 1. The summed E-state index contributed by atoms with van der Waals surface area (Å²) in [5.41, 5.74) is 2.14. The van der Waals surface area contributed by atoms with Gasteiger partial charge in [-0.15, -0.1) is 0 Å². The van der Waals surface area contributed by atoms with Gasteiger partial charge < -0.3 is 15.4 Å². The number of ether oxygens (including phenoxy) is 1. The van der Waals surface area contributed by atoms with Crippen molar-refractivity contribution in [3.8, 4) is 0 Å². The largest absolute Gasteiger partial charge is 0.438 e. The topological polar surface area (TPSA) is 87.7 Å². The Labute approximate surface area is 223 Å². The highest BCUT2D eigenvalue weighted by Gasteiger charge is 2.47. The van der Waals surface area contributed by atoms with Gasteiger partial charge in [0, 0.05) is 16.9 Å². The smallest absolute Gasteiger partial charge is 0.411 e. The highest BCUT2D eigenvalue weighted by atomic mass is 19.1. The molecule has 1 saturated heterocycles. The Kier molecular flexibility index (Phi) is 7.31. The van der Waals surface area contributed by atoms with Crippen molar-refractivity contribution >= 4 is 29.3 Å². The number of hydrogen-bond acceptors (Lipinski definition) is 4. The van der Waals surface area contributed by atoms with Crippen molar-refractivity contribution in [2.45, 2.75) is 18.7 Å². The van der Waals surface area contributed by atoms with Crippen LogP contribution in [0.15, 0.2) is 103 Å². The van der Waals surface area contributed by atoms with Gasteiger partial charge in [-0.05, 0) is 65.7 Å². The van der Waals surface area contributed by atoms with Crippen LogP contribution in [0.1, 0.15) is 27.6 Å². The van der Waals surface area contributed by atoms with Crippen molar-refractivity contribution in [2.75, 3.05) is 10.6 Å². The third-order valence-electron chi connectivity index (χ3n) is 6.22. The molecule has 0 spiro atoms. The molecular weight excluding hydrogens is 504 g/mol. The Hall–Kier alpha value is -5.05. The van der Waals surface area contributed by atoms with Crippen molar-refractivity contribution in [3.63, 3.8) is 0 Å². The van der Waals surface area contributed by atoms with Crippen molar-refractivity contribution in [2.24, 2.45) is 0 Å². The number of benzene rings is 4. The Morgan fingerprint density at radius 1 is 0.769 bits per heavy atom. The number of carbonyl (C=O) groups is 3. The van der Waals surface area contributed by atoms with Crippen molar-refractivity contribution in [1.82, 2.24) is 4.90 Å². The Morgan fingerprint density at radius 2 is 1.46 bits per heavy atom. The van der Waals surface area contributed by atoms with Gasteiger partial charge in [-0.2, -0.15) is 0 Å². The van der Waals surface area contributed by atoms with E-state index in [0.717, 1.165) is 5.56 Å². The molecule has 196 valence electrons. The van der Waals surface area contributed by atoms with Crippen LogP contribution in [0.2, 0.25) is 0 Å². The maximum atomic E-state index is 13.8. The van der Waals surface area contributed by atoms with Crippen LogP contribution >= 0.6 is 0 Å². The molecule has 2 atom stereocenters. The maximum absolute atomic E-state index is 13.8. The van der Waals surface area contributed by atoms with Gasteiger partial charge in [0.2, 0.25) is 0 Å². The third kappa shape index (κ3) is 5.93. The zero-order valence-electron chi connectivity index (χ0n) is 20.5. The standard InChI is InChI=1S/C30H23F2N3O4/c31-22-14-12-20(13-15-22)28(36)33-24-10-4-8-21(16-24)27-26(29(37)34-25-11-5-9-23(32)17-25)35(30(38)39-27)18-19-6-2-1-3-7-19/h1-17,26-27H,18H2,(H,33,36)(H,34,37). The van der Waals surface area contributed by atoms with Crippen LogP contribution < -0.4 is 10.6 Å². The van der Waals surface area contributed by atoms with Gasteiger partial charge >= 0.3 is 6.09 Å². The summed E-state index contributed by atoms with van der Waals surface area (Å²) in [7, 11) is 0. The summed E-state index contributed by atoms with van der Waals surface area (Å²) >= 11 is 0. The van der Waals surface area contributed by atoms with Gasteiger partial charge in [0.1, 0.15) is 11.6 Å². The number of anilines is 2. The first-order valence-electron chi connectivity index (χ1n) is 12.1. The van der Waals surface area contributed by atoms with Gasteiger partial charge in [0.15, 0.2) is 12.1 Å². The third-order valence-corrected chi connectivity index (χ3v) is 6.22. The van der Waals surface area contributed by atoms with E-state index < -0.39 is 41.7 Å². The fourth-order valence-electron chi connectivity index (χ4n) is 4.37. The molecule has 0 aromatic heterocycles. The van der Waals surface area contributed by atoms with E-state index >= 15 is 0 Å². The van der Waals surface area contributed by atoms with Gasteiger partial charge in [0.25, 0.3) is 11.8 Å². The van der Waals surface area contributed by atoms with Crippen molar-refractivity contribution < 1.29 is 27.9 Å². The molecule has 3 amide bonds. The van der Waals surface area contributed by atoms with Gasteiger partial charge in [0.05, 0.1) is 6.54 Å². The molecule has 1 fully saturated rings. The second kappa shape index (κ2) is 11.1. The first-order chi connectivity index (χ1) is 18.9. The lowest BCUT2D eigenvalue weighted by atomic mass is 10.00. The summed E-state index contributed by atoms with van der Waals surface area (Å²) in [6, 6.07) is 25.2. The summed E-state index contributed by atoms with van der Waals surface area (Å²) in [4.78, 5) is 40.5. The summed E-state index contributed by atoms with van der Waals surface area (Å²) in [6.07, 6.45) is -1.71. The Balaban J connectivity index is 1.43. The van der Waals surface area contributed by atoms with E-state index in [1.54, 1.807) is 30.3 Å². The van der Waals surface area contributed by atoms with Crippen LogP contribution in [0.4, 0.5) is 25.0 Å². The molecule has 4 aromatic carbocycles. The molecular formula is C30H23F2N3O4. The second-order valence-electron chi connectivity index (χ2n) is 8.95. The zero-order chi connectivity index (χ0) is 27.4. The number of nitrogens with one attached hydrogen (secondary N) is 2. The summed E-state index contributed by atoms with van der Waals surface area (Å²) in [5, 5.41) is 5.42. The fraction of sp³-hybridized carbons (Fsp3) is 0.100. The average molecular weight is 528 g/mol. The molecule has 39 heavy (non-hydrogen) atoms. The normalized spacial score (nSPS) is 16.5. The number of carbonyl (C=O) groups excluding carboxylic acids is 3. The minimum atomic E-state index is -1.09. The van der Waals surface area contributed by atoms with E-state index in [4.69, 9.17) is 4.74 Å². The minimum absolute atomic E-state index is 0.110. The number of amides is 3. The lowest BCUT2D eigenvalue weighted by Gasteiger charge is -2.24. The van der Waals surface area contributed by atoms with E-state index in [0.29, 0.717) is 11.3 Å². The van der Waals surface area contributed by atoms with Crippen LogP contribution in [-0.4, -0.2) is 28.8 Å². The van der Waals surface area contributed by atoms with Crippen LogP contribution in [0, 0.1) is 11.6 Å². The van der Waals surface area contributed by atoms with Crippen molar-refractivity contribution in [1.29, 1.82) is 0 Å². The molecule has 0 radical (unpaired) electrons. The molecule has 0 aliphatic carbocycles. The highest BCUT2D eigenvalue weighted by Crippen LogP contribution is 2.35. The molecule has 0 saturated carbocycles. The quantitative estimate of drug-likeness (QED) is 0.313. The van der Waals surface area contributed by atoms with Crippen LogP contribution in [-0.2, 0) is 16.1 Å². The molecule has 5 rings (SSSR count). The van der Waals surface area contributed by atoms with Crippen LogP contribution in [0.25, 0.3) is 0 Å². The Bertz CT molecular complexity index is 1510. The number of hydrogen-bond donors (Lipinski definition) is 2. The molecule has 4 aromatic rings. The second-order valence-corrected chi connectivity index (χ2v) is 8.95. The monoisotopic (exact) mass is 527 g/mol. The molecule has 2 N–H and O–H groups in total. The average Bonchev–Trinajstić information content (AvgIpc) is 3.25. The van der Waals surface area contributed by atoms with Crippen LogP contribution in [0.3, 0.4) is 0 Å². The number of rotatable bonds is 7. The zero-order valence-corrected chi connectivity index (χ0v) is 20.5. The van der Waals surface area contributed by atoms with Crippen molar-refractivity contribution in [3.05, 3.63) is 131 Å². The van der Waals surface area contributed by atoms with Gasteiger partial charge in [-0.3, -0.25) is 14.5 Å². The van der Waals surface area contributed by atoms with E-state index in [1.165, 1.54) is 47.4 Å². The molecule has 0 bridgehead atoms. The molecule has 1 aliphatic heterocycles. The van der Waals surface area contributed by atoms with E-state index in [1.807, 2.05) is 30.3 Å². The predicted octanol–water partition coefficient (Wildman–Crippen LogP) is 5.92. The maximum Gasteiger partial charge on any atom is 0.411 e. The fourth-order valence-corrected chi connectivity index (χ4v) is 4.37. The first-order valence-corrected chi connectivity index (χ1v) is 12.1. The lowest BCUT2D eigenvalue weighted by molar-refractivity contribution is -0.121. The highest BCUT2D eigenvalue weighted by molar-refractivity contribution is 6.04. The minimum Gasteiger partial charge on any atom is -0.438 e. The Morgan fingerprint density at radius 3 is 2.18 bits per heavy atom. The molecule has 2 unspecified atom stereocenters. The predicted molar refractivity (Wildman–Crippen MR) is 141 cm³/mol. The molecule has 7 nitrogen and oxygen atoms in total. The van der Waals surface area contributed by atoms with Crippen LogP contribution in [0.5, 0.6) is 0 Å². The van der Waals surface area contributed by atoms with E-state index in [9.17, 15) is 23.2 Å². The first kappa shape index (κ1) is 25.6. The molecule has 1 aliphatic rings. The van der Waals surface area contributed by atoms with E-state index in [2.05, 4.69) is 10.6 Å².